The van der Waals surface area contributed by atoms with Crippen LogP contribution in [-0.2, 0) is 0 Å². The predicted octanol–water partition coefficient (Wildman–Crippen LogP) is -0.384. The second kappa shape index (κ2) is 6.70. The first-order valence-corrected chi connectivity index (χ1v) is 4.77. The summed E-state index contributed by atoms with van der Waals surface area (Å²) in [5.74, 6) is 0.971. The molecular weight excluding hydrogens is 154 g/mol. The van der Waals surface area contributed by atoms with Crippen LogP contribution in [0.25, 0.3) is 0 Å². The van der Waals surface area contributed by atoms with Gasteiger partial charge in [-0.1, -0.05) is 10.8 Å². The van der Waals surface area contributed by atoms with Gasteiger partial charge in [0.25, 0.3) is 0 Å². The average Bonchev–Trinajstić information content (AvgIpc) is 1.89. The Bertz CT molecular complexity index is 61.8. The van der Waals surface area contributed by atoms with Gasteiger partial charge in [-0.3, -0.25) is 10.6 Å². The highest BCUT2D eigenvalue weighted by atomic mass is 33.1. The Hall–Kier alpha value is 0.580. The van der Waals surface area contributed by atoms with Crippen molar-refractivity contribution in [2.45, 2.75) is 6.29 Å². The average molecular weight is 167 g/mol. The van der Waals surface area contributed by atoms with Gasteiger partial charge in [-0.25, -0.2) is 0 Å². The van der Waals surface area contributed by atoms with E-state index < -0.39 is 0 Å². The van der Waals surface area contributed by atoms with Gasteiger partial charge < -0.3 is 5.73 Å². The maximum absolute atomic E-state index is 5.46. The Labute approximate surface area is 65.0 Å². The first-order chi connectivity index (χ1) is 4.31. The fourth-order valence-corrected chi connectivity index (χ4v) is 0.845. The molecule has 0 bridgehead atoms. The molecule has 0 spiro atoms. The fraction of sp³-hybridized carbons (Fsp3) is 1.00. The molecular formula is C4H13N3S2. The van der Waals surface area contributed by atoms with Crippen LogP contribution in [0.1, 0.15) is 0 Å². The quantitative estimate of drug-likeness (QED) is 0.195. The monoisotopic (exact) mass is 167 g/mol. The lowest BCUT2D eigenvalue weighted by atomic mass is 10.7. The number of hydrogen-bond donors (Lipinski definition) is 4. The van der Waals surface area contributed by atoms with Gasteiger partial charge >= 0.3 is 0 Å². The van der Waals surface area contributed by atoms with E-state index in [1.807, 2.05) is 7.05 Å². The van der Waals surface area contributed by atoms with E-state index >= 15 is 0 Å². The molecule has 0 saturated carbocycles. The Kier molecular flexibility index (Phi) is 7.13. The third-order valence-corrected chi connectivity index (χ3v) is 1.80. The maximum atomic E-state index is 5.46. The van der Waals surface area contributed by atoms with Crippen molar-refractivity contribution in [2.75, 3.05) is 19.3 Å². The van der Waals surface area contributed by atoms with Gasteiger partial charge in [0.1, 0.15) is 6.29 Å². The molecule has 4 N–H and O–H groups in total. The van der Waals surface area contributed by atoms with E-state index in [4.69, 9.17) is 5.73 Å². The number of nitrogens with two attached hydrogens (primary N) is 1. The molecule has 0 aromatic rings. The largest absolute Gasteiger partial charge is 0.304 e. The Morgan fingerprint density at radius 3 is 2.89 bits per heavy atom. The third-order valence-electron chi connectivity index (χ3n) is 0.869. The smallest absolute Gasteiger partial charge is 0.109 e. The highest BCUT2D eigenvalue weighted by Crippen LogP contribution is 2.01. The van der Waals surface area contributed by atoms with Crippen molar-refractivity contribution >= 4 is 22.5 Å². The summed E-state index contributed by atoms with van der Waals surface area (Å²) in [6, 6.07) is 0. The summed E-state index contributed by atoms with van der Waals surface area (Å²) >= 11 is 3.97. The molecule has 9 heavy (non-hydrogen) atoms. The zero-order valence-electron chi connectivity index (χ0n) is 5.42. The van der Waals surface area contributed by atoms with Crippen LogP contribution in [-0.4, -0.2) is 25.6 Å². The minimum absolute atomic E-state index is 0.0921. The topological polar surface area (TPSA) is 50.1 Å². The van der Waals surface area contributed by atoms with E-state index in [0.29, 0.717) is 0 Å². The summed E-state index contributed by atoms with van der Waals surface area (Å²) in [7, 11) is 3.31. The number of rotatable bonds is 5. The lowest BCUT2D eigenvalue weighted by molar-refractivity contribution is 0.485. The van der Waals surface area contributed by atoms with E-state index in [0.717, 1.165) is 12.3 Å². The fourth-order valence-electron chi connectivity index (χ4n) is 0.362. The summed E-state index contributed by atoms with van der Waals surface area (Å²) in [5, 5.41) is 5.89. The van der Waals surface area contributed by atoms with Crippen molar-refractivity contribution in [1.29, 1.82) is 0 Å². The second-order valence-electron chi connectivity index (χ2n) is 1.55. The normalized spacial score (nSPS) is 13.7. The Morgan fingerprint density at radius 2 is 2.44 bits per heavy atom. The molecule has 0 aliphatic heterocycles. The molecule has 0 aliphatic carbocycles. The van der Waals surface area contributed by atoms with E-state index in [1.165, 1.54) is 10.8 Å². The van der Waals surface area contributed by atoms with Crippen molar-refractivity contribution in [2.24, 2.45) is 5.73 Å². The van der Waals surface area contributed by atoms with Crippen LogP contribution in [0.2, 0.25) is 0 Å². The number of thiol groups is 1. The van der Waals surface area contributed by atoms with Crippen LogP contribution in [0.5, 0.6) is 0 Å². The highest BCUT2D eigenvalue weighted by molar-refractivity contribution is 8.68. The van der Waals surface area contributed by atoms with Gasteiger partial charge in [-0.2, -0.15) is 0 Å². The molecule has 0 radical (unpaired) electrons. The first-order valence-electron chi connectivity index (χ1n) is 2.74. The molecule has 56 valence electrons. The van der Waals surface area contributed by atoms with Gasteiger partial charge in [0.15, 0.2) is 0 Å². The molecule has 0 saturated heterocycles. The van der Waals surface area contributed by atoms with Crippen molar-refractivity contribution in [3.05, 3.63) is 0 Å². The zero-order chi connectivity index (χ0) is 7.11. The van der Waals surface area contributed by atoms with Gasteiger partial charge in [0.05, 0.1) is 0 Å². The van der Waals surface area contributed by atoms with Crippen LogP contribution in [0.15, 0.2) is 0 Å². The molecule has 1 unspecified atom stereocenters. The standard InChI is InChI=1S/C4H13N3S2/c1-6-4(5)7-2-3-9-8/h4,6-8H,2-3,5H2,1H3. The Balaban J connectivity index is 2.88. The molecule has 5 heteroatoms. The number of nitrogens with one attached hydrogen (secondary N) is 2. The molecule has 0 aromatic heterocycles. The van der Waals surface area contributed by atoms with Crippen LogP contribution in [0.4, 0.5) is 0 Å². The van der Waals surface area contributed by atoms with Crippen LogP contribution >= 0.6 is 22.5 Å². The van der Waals surface area contributed by atoms with Crippen molar-refractivity contribution in [3.8, 4) is 0 Å². The molecule has 0 fully saturated rings. The second-order valence-corrected chi connectivity index (χ2v) is 2.99. The van der Waals surface area contributed by atoms with E-state index in [-0.39, 0.29) is 6.29 Å². The van der Waals surface area contributed by atoms with Crippen molar-refractivity contribution < 1.29 is 0 Å². The molecule has 0 rings (SSSR count). The van der Waals surface area contributed by atoms with Gasteiger partial charge in [-0.15, -0.1) is 11.7 Å². The van der Waals surface area contributed by atoms with E-state index in [9.17, 15) is 0 Å². The lowest BCUT2D eigenvalue weighted by Gasteiger charge is -2.10. The maximum Gasteiger partial charge on any atom is 0.109 e. The molecule has 3 nitrogen and oxygen atoms in total. The van der Waals surface area contributed by atoms with E-state index in [1.54, 1.807) is 0 Å². The van der Waals surface area contributed by atoms with Gasteiger partial charge in [0, 0.05) is 12.3 Å². The first kappa shape index (κ1) is 9.58. The molecule has 0 amide bonds. The van der Waals surface area contributed by atoms with Crippen LogP contribution < -0.4 is 16.4 Å². The van der Waals surface area contributed by atoms with Gasteiger partial charge in [-0.05, 0) is 7.05 Å². The highest BCUT2D eigenvalue weighted by Gasteiger charge is 1.92. The zero-order valence-corrected chi connectivity index (χ0v) is 7.14. The minimum Gasteiger partial charge on any atom is -0.304 e. The molecule has 0 aromatic carbocycles. The molecule has 0 heterocycles. The van der Waals surface area contributed by atoms with Gasteiger partial charge in [0.2, 0.25) is 0 Å². The van der Waals surface area contributed by atoms with E-state index in [2.05, 4.69) is 22.3 Å². The summed E-state index contributed by atoms with van der Waals surface area (Å²) in [6.45, 7) is 0.885. The summed E-state index contributed by atoms with van der Waals surface area (Å²) < 4.78 is 0. The van der Waals surface area contributed by atoms with Crippen molar-refractivity contribution in [1.82, 2.24) is 10.6 Å². The number of hydrogen-bond acceptors (Lipinski definition) is 5. The minimum atomic E-state index is -0.0921. The Morgan fingerprint density at radius 1 is 1.78 bits per heavy atom. The SMILES string of the molecule is CNC(N)NCCSS. The molecule has 1 atom stereocenters. The summed E-state index contributed by atoms with van der Waals surface area (Å²) in [4.78, 5) is 0. The van der Waals surface area contributed by atoms with Crippen LogP contribution in [0.3, 0.4) is 0 Å². The molecule has 0 aliphatic rings. The van der Waals surface area contributed by atoms with Crippen molar-refractivity contribution in [3.63, 3.8) is 0 Å². The summed E-state index contributed by atoms with van der Waals surface area (Å²) in [6.07, 6.45) is -0.0921. The summed E-state index contributed by atoms with van der Waals surface area (Å²) in [5.41, 5.74) is 5.46. The lowest BCUT2D eigenvalue weighted by Crippen LogP contribution is -2.48. The third kappa shape index (κ3) is 6.47. The predicted molar refractivity (Wildman–Crippen MR) is 46.5 cm³/mol. The van der Waals surface area contributed by atoms with Crippen LogP contribution in [0, 0.1) is 0 Å².